The highest BCUT2D eigenvalue weighted by molar-refractivity contribution is 6.24. The van der Waals surface area contributed by atoms with E-state index in [0.717, 1.165) is 66.1 Å². The highest BCUT2D eigenvalue weighted by Gasteiger charge is 2.41. The van der Waals surface area contributed by atoms with Crippen LogP contribution < -0.4 is 0 Å². The number of para-hydroxylation sites is 1. The number of aromatic nitrogens is 3. The minimum Gasteiger partial charge on any atom is -0.457 e. The molecule has 10 rings (SSSR count). The van der Waals surface area contributed by atoms with Gasteiger partial charge in [0.15, 0.2) is 5.58 Å². The summed E-state index contributed by atoms with van der Waals surface area (Å²) < 4.78 is 9.31. The second-order valence-corrected chi connectivity index (χ2v) is 12.6. The van der Waals surface area contributed by atoms with E-state index in [0.29, 0.717) is 5.95 Å². The summed E-state index contributed by atoms with van der Waals surface area (Å²) in [6.07, 6.45) is 0. The maximum absolute atomic E-state index is 7.05. The van der Waals surface area contributed by atoms with Gasteiger partial charge >= 0.3 is 0 Å². The smallest absolute Gasteiger partial charge is 0.235 e. The van der Waals surface area contributed by atoms with Crippen LogP contribution in [0.1, 0.15) is 25.2 Å². The predicted octanol–water partition coefficient (Wildman–Crippen LogP) is 10.6. The van der Waals surface area contributed by atoms with Crippen molar-refractivity contribution in [3.05, 3.63) is 139 Å². The Bertz CT molecular complexity index is 2680. The lowest BCUT2D eigenvalue weighted by Crippen LogP contribution is -2.14. The third-order valence-corrected chi connectivity index (χ3v) is 9.75. The van der Waals surface area contributed by atoms with Crippen LogP contribution >= 0.6 is 0 Å². The van der Waals surface area contributed by atoms with Gasteiger partial charge in [-0.3, -0.25) is 4.57 Å². The van der Waals surface area contributed by atoms with E-state index >= 15 is 0 Å². The molecular weight excluding hydrogens is 550 g/mol. The molecule has 4 heteroatoms. The lowest BCUT2D eigenvalue weighted by atomic mass is 9.86. The zero-order chi connectivity index (χ0) is 29.9. The van der Waals surface area contributed by atoms with Crippen molar-refractivity contribution in [1.82, 2.24) is 14.5 Å². The molecule has 3 aromatic heterocycles. The lowest BCUT2D eigenvalue weighted by molar-refractivity contribution is 0.466. The van der Waals surface area contributed by atoms with Crippen LogP contribution in [0.3, 0.4) is 0 Å². The van der Waals surface area contributed by atoms with Gasteiger partial charge in [-0.05, 0) is 42.5 Å². The minimum absolute atomic E-state index is 0.249. The van der Waals surface area contributed by atoms with Crippen LogP contribution in [0.4, 0.5) is 0 Å². The molecule has 0 radical (unpaired) electrons. The van der Waals surface area contributed by atoms with Crippen molar-refractivity contribution in [2.75, 3.05) is 0 Å². The van der Waals surface area contributed by atoms with Crippen molar-refractivity contribution < 1.29 is 4.42 Å². The number of nitrogens with zero attached hydrogens (tertiary/aromatic N) is 3. The third kappa shape index (κ3) is 3.21. The molecule has 0 spiro atoms. The van der Waals surface area contributed by atoms with Crippen molar-refractivity contribution in [3.63, 3.8) is 0 Å². The van der Waals surface area contributed by atoms with E-state index in [1.807, 2.05) is 12.1 Å². The first-order chi connectivity index (χ1) is 22.1. The summed E-state index contributed by atoms with van der Waals surface area (Å²) in [4.78, 5) is 10.6. The molecule has 9 aromatic rings. The van der Waals surface area contributed by atoms with E-state index in [1.54, 1.807) is 0 Å². The molecule has 0 saturated carbocycles. The number of hydrogen-bond acceptors (Lipinski definition) is 3. The SMILES string of the molecule is CC1(C)c2ccccc2-c2c1oc1c2ccc2c3ccc4ccccc4c3n(-c3nc(-c4ccccc4)c4ccccc4n3)c21. The maximum atomic E-state index is 7.05. The van der Waals surface area contributed by atoms with Crippen LogP contribution in [0, 0.1) is 0 Å². The summed E-state index contributed by atoms with van der Waals surface area (Å²) in [5.74, 6) is 1.64. The second-order valence-electron chi connectivity index (χ2n) is 12.6. The van der Waals surface area contributed by atoms with Gasteiger partial charge in [-0.2, -0.15) is 0 Å². The van der Waals surface area contributed by atoms with E-state index in [9.17, 15) is 0 Å². The topological polar surface area (TPSA) is 43.9 Å². The van der Waals surface area contributed by atoms with Gasteiger partial charge in [0, 0.05) is 43.5 Å². The minimum atomic E-state index is -0.249. The summed E-state index contributed by atoms with van der Waals surface area (Å²) in [6, 6.07) is 44.9. The third-order valence-electron chi connectivity index (χ3n) is 9.75. The van der Waals surface area contributed by atoms with Crippen LogP contribution in [0.15, 0.2) is 132 Å². The van der Waals surface area contributed by atoms with Crippen LogP contribution in [-0.4, -0.2) is 14.5 Å². The molecule has 1 aliphatic rings. The fourth-order valence-electron chi connectivity index (χ4n) is 7.67. The highest BCUT2D eigenvalue weighted by atomic mass is 16.3. The Morgan fingerprint density at radius 1 is 0.578 bits per heavy atom. The second kappa shape index (κ2) is 8.67. The average molecular weight is 578 g/mol. The van der Waals surface area contributed by atoms with E-state index < -0.39 is 0 Å². The molecule has 1 aliphatic carbocycles. The van der Waals surface area contributed by atoms with Gasteiger partial charge in [0.25, 0.3) is 0 Å². The molecular formula is C41H27N3O. The highest BCUT2D eigenvalue weighted by Crippen LogP contribution is 2.54. The molecule has 0 atom stereocenters. The zero-order valence-corrected chi connectivity index (χ0v) is 24.9. The molecule has 4 nitrogen and oxygen atoms in total. The Hall–Kier alpha value is -5.74. The fourth-order valence-corrected chi connectivity index (χ4v) is 7.67. The summed E-state index contributed by atoms with van der Waals surface area (Å²) in [6.45, 7) is 4.53. The van der Waals surface area contributed by atoms with Crippen molar-refractivity contribution in [1.29, 1.82) is 0 Å². The van der Waals surface area contributed by atoms with Gasteiger partial charge in [0.1, 0.15) is 11.3 Å². The number of hydrogen-bond donors (Lipinski definition) is 0. The molecule has 212 valence electrons. The van der Waals surface area contributed by atoms with Crippen LogP contribution in [0.2, 0.25) is 0 Å². The number of rotatable bonds is 2. The zero-order valence-electron chi connectivity index (χ0n) is 24.9. The van der Waals surface area contributed by atoms with E-state index in [1.165, 1.54) is 22.1 Å². The molecule has 6 aromatic carbocycles. The van der Waals surface area contributed by atoms with Crippen molar-refractivity contribution in [2.45, 2.75) is 19.3 Å². The van der Waals surface area contributed by atoms with E-state index in [2.05, 4.69) is 134 Å². The molecule has 0 bridgehead atoms. The molecule has 45 heavy (non-hydrogen) atoms. The van der Waals surface area contributed by atoms with Crippen molar-refractivity contribution in [3.8, 4) is 28.3 Å². The largest absolute Gasteiger partial charge is 0.457 e. The van der Waals surface area contributed by atoms with Gasteiger partial charge in [0.2, 0.25) is 5.95 Å². The van der Waals surface area contributed by atoms with Gasteiger partial charge in [-0.15, -0.1) is 0 Å². The summed E-state index contributed by atoms with van der Waals surface area (Å²) in [5, 5.41) is 6.75. The molecule has 0 unspecified atom stereocenters. The molecule has 3 heterocycles. The van der Waals surface area contributed by atoms with E-state index in [4.69, 9.17) is 14.4 Å². The molecule has 0 N–H and O–H groups in total. The van der Waals surface area contributed by atoms with Gasteiger partial charge in [-0.1, -0.05) is 115 Å². The van der Waals surface area contributed by atoms with Crippen molar-refractivity contribution in [2.24, 2.45) is 0 Å². The van der Waals surface area contributed by atoms with Crippen LogP contribution in [-0.2, 0) is 5.41 Å². The first kappa shape index (κ1) is 24.7. The first-order valence-electron chi connectivity index (χ1n) is 15.4. The maximum Gasteiger partial charge on any atom is 0.235 e. The van der Waals surface area contributed by atoms with Crippen LogP contribution in [0.5, 0.6) is 0 Å². The molecule has 0 fully saturated rings. The number of furan rings is 1. The Morgan fingerprint density at radius 2 is 1.27 bits per heavy atom. The number of benzene rings is 6. The molecule has 0 saturated heterocycles. The Labute approximate surface area is 259 Å². The van der Waals surface area contributed by atoms with Gasteiger partial charge < -0.3 is 4.42 Å². The summed E-state index contributed by atoms with van der Waals surface area (Å²) >= 11 is 0. The summed E-state index contributed by atoms with van der Waals surface area (Å²) in [5.41, 5.74) is 9.32. The lowest BCUT2D eigenvalue weighted by Gasteiger charge is -2.18. The monoisotopic (exact) mass is 577 g/mol. The summed E-state index contributed by atoms with van der Waals surface area (Å²) in [7, 11) is 0. The molecule has 0 amide bonds. The Balaban J connectivity index is 1.41. The van der Waals surface area contributed by atoms with Crippen LogP contribution in [0.25, 0.3) is 82.8 Å². The van der Waals surface area contributed by atoms with Gasteiger partial charge in [0.05, 0.1) is 16.7 Å². The first-order valence-corrected chi connectivity index (χ1v) is 15.4. The predicted molar refractivity (Wildman–Crippen MR) is 184 cm³/mol. The van der Waals surface area contributed by atoms with Gasteiger partial charge in [-0.25, -0.2) is 9.97 Å². The quantitative estimate of drug-likeness (QED) is 0.205. The standard InChI is InChI=1S/C41H27N3O/c1-41(2)32-18-10-8-16-29(32)34-31-23-22-28-27-21-20-24-12-6-7-15-26(24)36(27)44(37(28)38(31)45-39(34)41)40-42-33-19-11-9-17-30(33)35(43-40)25-13-4-3-5-14-25/h3-23H,1-2H3. The van der Waals surface area contributed by atoms with E-state index in [-0.39, 0.29) is 5.41 Å². The average Bonchev–Trinajstić information content (AvgIpc) is 3.71. The molecule has 0 aliphatic heterocycles. The van der Waals surface area contributed by atoms with Crippen molar-refractivity contribution >= 4 is 54.5 Å². The fraction of sp³-hybridized carbons (Fsp3) is 0.0732. The Morgan fingerprint density at radius 3 is 2.16 bits per heavy atom. The Kier molecular flexibility index (Phi) is 4.76. The normalized spacial score (nSPS) is 13.7. The number of fused-ring (bicyclic) bond motifs is 12.